The average Bonchev–Trinajstić information content (AvgIpc) is 3.53. The van der Waals surface area contributed by atoms with Crippen molar-refractivity contribution in [1.29, 1.82) is 0 Å². The minimum absolute atomic E-state index is 0.0493. The van der Waals surface area contributed by atoms with Crippen LogP contribution in [0.3, 0.4) is 0 Å². The first-order valence-corrected chi connectivity index (χ1v) is 19.8. The van der Waals surface area contributed by atoms with Gasteiger partial charge in [-0.25, -0.2) is 15.0 Å². The summed E-state index contributed by atoms with van der Waals surface area (Å²) in [4.78, 5) is 15.9. The Bertz CT molecular complexity index is 2750. The lowest BCUT2D eigenvalue weighted by Gasteiger charge is -2.61. The van der Waals surface area contributed by atoms with Gasteiger partial charge >= 0.3 is 0 Å². The lowest BCUT2D eigenvalue weighted by molar-refractivity contribution is -0.0399. The predicted molar refractivity (Wildman–Crippen MR) is 220 cm³/mol. The molecule has 3 nitrogen and oxygen atoms in total. The number of nitrogens with zero attached hydrogens (tertiary/aromatic N) is 3. The van der Waals surface area contributed by atoms with Gasteiger partial charge in [-0.2, -0.15) is 0 Å². The Labute approximate surface area is 315 Å². The molecule has 5 aliphatic rings. The number of aromatic nitrogens is 3. The van der Waals surface area contributed by atoms with Crippen LogP contribution in [0.4, 0.5) is 0 Å². The van der Waals surface area contributed by atoms with Gasteiger partial charge in [-0.1, -0.05) is 146 Å². The monoisotopic (exact) mass is 693 g/mol. The van der Waals surface area contributed by atoms with Crippen LogP contribution in [-0.4, -0.2) is 15.0 Å². The fraction of sp³-hybridized carbons (Fsp3) is 0.196. The Morgan fingerprint density at radius 3 is 1.70 bits per heavy atom. The van der Waals surface area contributed by atoms with E-state index in [1.165, 1.54) is 81.5 Å². The summed E-state index contributed by atoms with van der Waals surface area (Å²) in [5, 5.41) is 5.01. The van der Waals surface area contributed by atoms with Gasteiger partial charge in [0.15, 0.2) is 17.5 Å². The summed E-state index contributed by atoms with van der Waals surface area (Å²) in [6.45, 7) is 0. The first-order valence-electron chi connectivity index (χ1n) is 19.8. The third-order valence-electron chi connectivity index (χ3n) is 13.7. The van der Waals surface area contributed by atoms with Gasteiger partial charge in [0.05, 0.1) is 0 Å². The molecule has 1 aromatic heterocycles. The smallest absolute Gasteiger partial charge is 0.164 e. The van der Waals surface area contributed by atoms with E-state index in [4.69, 9.17) is 15.0 Å². The maximum Gasteiger partial charge on any atom is 0.164 e. The summed E-state index contributed by atoms with van der Waals surface area (Å²) in [6, 6.07) is 55.2. The van der Waals surface area contributed by atoms with Crippen molar-refractivity contribution in [3.8, 4) is 56.4 Å². The minimum Gasteiger partial charge on any atom is -0.208 e. The lowest BCUT2D eigenvalue weighted by atomic mass is 9.43. The largest absolute Gasteiger partial charge is 0.208 e. The standard InChI is InChI=1S/C51H39N3/c1-2-12-35(13-3-1)48-52-49(36-23-21-34(22-24-36)40-19-10-14-33-11-4-5-15-39(33)40)54-50(53-48)44-30-46-47(42-17-7-6-16-41(42)44)43-18-8-9-20-45(43)51(46)37-26-31-25-32(28-37)29-38(51)27-31/h1-24,30-32,37-38H,25-29H2. The molecule has 258 valence electrons. The van der Waals surface area contributed by atoms with E-state index in [0.717, 1.165) is 34.4 Å². The van der Waals surface area contributed by atoms with Crippen LogP contribution in [0.15, 0.2) is 152 Å². The number of fused-ring (bicyclic) bond motifs is 6. The van der Waals surface area contributed by atoms with E-state index in [-0.39, 0.29) is 5.41 Å². The van der Waals surface area contributed by atoms with Gasteiger partial charge in [0.25, 0.3) is 0 Å². The molecule has 5 aliphatic carbocycles. The minimum atomic E-state index is 0.0493. The van der Waals surface area contributed by atoms with Gasteiger partial charge in [-0.05, 0) is 117 Å². The predicted octanol–water partition coefficient (Wildman–Crippen LogP) is 12.6. The van der Waals surface area contributed by atoms with Crippen LogP contribution in [0.25, 0.3) is 78.0 Å². The number of hydrogen-bond acceptors (Lipinski definition) is 3. The van der Waals surface area contributed by atoms with Gasteiger partial charge < -0.3 is 0 Å². The van der Waals surface area contributed by atoms with Gasteiger partial charge in [0.1, 0.15) is 0 Å². The van der Waals surface area contributed by atoms with Crippen LogP contribution in [0.5, 0.6) is 0 Å². The molecule has 13 rings (SSSR count). The van der Waals surface area contributed by atoms with E-state index in [1.54, 1.807) is 5.56 Å². The average molecular weight is 694 g/mol. The molecule has 4 bridgehead atoms. The summed E-state index contributed by atoms with van der Waals surface area (Å²) in [6.07, 6.45) is 6.86. The highest BCUT2D eigenvalue weighted by molar-refractivity contribution is 6.08. The molecule has 0 atom stereocenters. The van der Waals surface area contributed by atoms with Crippen LogP contribution in [-0.2, 0) is 5.41 Å². The maximum atomic E-state index is 5.38. The van der Waals surface area contributed by atoms with E-state index in [2.05, 4.69) is 152 Å². The molecule has 4 fully saturated rings. The highest BCUT2D eigenvalue weighted by Gasteiger charge is 2.61. The number of benzene rings is 7. The maximum absolute atomic E-state index is 5.38. The molecular weight excluding hydrogens is 655 g/mol. The van der Waals surface area contributed by atoms with E-state index in [1.807, 2.05) is 0 Å². The van der Waals surface area contributed by atoms with Crippen molar-refractivity contribution in [2.75, 3.05) is 0 Å². The third kappa shape index (κ3) is 4.33. The summed E-state index contributed by atoms with van der Waals surface area (Å²) >= 11 is 0. The Morgan fingerprint density at radius 2 is 0.944 bits per heavy atom. The molecule has 0 N–H and O–H groups in total. The van der Waals surface area contributed by atoms with Crippen LogP contribution in [0, 0.1) is 23.7 Å². The van der Waals surface area contributed by atoms with E-state index >= 15 is 0 Å². The van der Waals surface area contributed by atoms with Gasteiger partial charge in [0.2, 0.25) is 0 Å². The Hall–Kier alpha value is -5.93. The van der Waals surface area contributed by atoms with Crippen molar-refractivity contribution in [3.05, 3.63) is 163 Å². The molecule has 0 saturated heterocycles. The Morgan fingerprint density at radius 1 is 0.389 bits per heavy atom. The molecule has 1 heterocycles. The molecule has 0 unspecified atom stereocenters. The normalized spacial score (nSPS) is 23.3. The second kappa shape index (κ2) is 11.5. The van der Waals surface area contributed by atoms with Gasteiger partial charge in [-0.15, -0.1) is 0 Å². The second-order valence-electron chi connectivity index (χ2n) is 16.4. The zero-order chi connectivity index (χ0) is 35.4. The molecule has 1 spiro atoms. The third-order valence-corrected chi connectivity index (χ3v) is 13.7. The quantitative estimate of drug-likeness (QED) is 0.184. The van der Waals surface area contributed by atoms with Gasteiger partial charge in [0, 0.05) is 22.1 Å². The Balaban J connectivity index is 1.07. The van der Waals surface area contributed by atoms with Crippen molar-refractivity contribution in [1.82, 2.24) is 15.0 Å². The highest BCUT2D eigenvalue weighted by atomic mass is 15.0. The van der Waals surface area contributed by atoms with Crippen LogP contribution in [0.2, 0.25) is 0 Å². The number of hydrogen-bond donors (Lipinski definition) is 0. The first kappa shape index (κ1) is 30.5. The molecule has 0 radical (unpaired) electrons. The van der Waals surface area contributed by atoms with Crippen molar-refractivity contribution in [2.45, 2.75) is 37.5 Å². The summed E-state index contributed by atoms with van der Waals surface area (Å²) < 4.78 is 0. The number of rotatable bonds is 4. The van der Waals surface area contributed by atoms with Crippen LogP contribution in [0.1, 0.15) is 43.2 Å². The van der Waals surface area contributed by atoms with Crippen LogP contribution >= 0.6 is 0 Å². The molecule has 8 aromatic rings. The van der Waals surface area contributed by atoms with E-state index < -0.39 is 0 Å². The van der Waals surface area contributed by atoms with Crippen molar-refractivity contribution in [2.24, 2.45) is 23.7 Å². The molecule has 4 saturated carbocycles. The molecule has 3 heteroatoms. The fourth-order valence-electron chi connectivity index (χ4n) is 11.8. The van der Waals surface area contributed by atoms with Crippen molar-refractivity contribution >= 4 is 21.5 Å². The zero-order valence-corrected chi connectivity index (χ0v) is 30.1. The first-order chi connectivity index (χ1) is 26.7. The Kier molecular flexibility index (Phi) is 6.52. The molecular formula is C51H39N3. The van der Waals surface area contributed by atoms with Crippen molar-refractivity contribution < 1.29 is 0 Å². The second-order valence-corrected chi connectivity index (χ2v) is 16.4. The van der Waals surface area contributed by atoms with E-state index in [0.29, 0.717) is 23.5 Å². The van der Waals surface area contributed by atoms with E-state index in [9.17, 15) is 0 Å². The fourth-order valence-corrected chi connectivity index (χ4v) is 11.8. The SMILES string of the molecule is c1ccc(-c2nc(-c3ccc(-c4cccc5ccccc45)cc3)nc(-c3cc4c(c5ccccc35)-c3ccccc3C43C4CC5CC(C4)CC3C5)n2)cc1. The molecule has 7 aromatic carbocycles. The molecule has 54 heavy (non-hydrogen) atoms. The highest BCUT2D eigenvalue weighted by Crippen LogP contribution is 2.70. The lowest BCUT2D eigenvalue weighted by Crippen LogP contribution is -2.55. The summed E-state index contributed by atoms with van der Waals surface area (Å²) in [7, 11) is 0. The molecule has 0 aliphatic heterocycles. The van der Waals surface area contributed by atoms with Gasteiger partial charge in [-0.3, -0.25) is 0 Å². The molecule has 0 amide bonds. The van der Waals surface area contributed by atoms with Crippen molar-refractivity contribution in [3.63, 3.8) is 0 Å². The zero-order valence-electron chi connectivity index (χ0n) is 30.1. The topological polar surface area (TPSA) is 38.7 Å². The summed E-state index contributed by atoms with van der Waals surface area (Å²) in [5.74, 6) is 5.28. The van der Waals surface area contributed by atoms with Crippen LogP contribution < -0.4 is 0 Å². The summed E-state index contributed by atoms with van der Waals surface area (Å²) in [5.41, 5.74) is 11.5.